The van der Waals surface area contributed by atoms with E-state index in [1.807, 2.05) is 0 Å². The molecule has 0 radical (unpaired) electrons. The number of rotatable bonds is 4. The quantitative estimate of drug-likeness (QED) is 0.131. The monoisotopic (exact) mass is 691 g/mol. The van der Waals surface area contributed by atoms with Gasteiger partial charge in [-0.3, -0.25) is 0 Å². The van der Waals surface area contributed by atoms with Crippen molar-refractivity contribution in [2.24, 2.45) is 0 Å². The molecule has 1 aromatic heterocycles. The molecule has 0 aliphatic heterocycles. The minimum atomic E-state index is -0.0429. The molecule has 9 aromatic rings. The molecule has 0 amide bonds. The Balaban J connectivity index is 1.26. The Hall–Kier alpha value is -5.40. The molecule has 1 nitrogen and oxygen atoms in total. The zero-order valence-corrected chi connectivity index (χ0v) is 29.2. The SMILES string of the molecule is CC1(C)c2ccccc2-c2cc(N(c3ccc4ccc5ccc6c7ccccc7[se]c6c5c4c3)c3ccccc3-c3ccccc3)ccc21. The third-order valence-corrected chi connectivity index (χ3v) is 13.2. The van der Waals surface area contributed by atoms with Gasteiger partial charge in [-0.15, -0.1) is 0 Å². The first-order chi connectivity index (χ1) is 24.1. The molecule has 0 N–H and O–H groups in total. The maximum atomic E-state index is 2.48. The molecule has 0 saturated heterocycles. The average Bonchev–Trinajstić information content (AvgIpc) is 3.64. The van der Waals surface area contributed by atoms with Gasteiger partial charge in [-0.1, -0.05) is 6.07 Å². The van der Waals surface area contributed by atoms with E-state index >= 15 is 0 Å². The normalized spacial score (nSPS) is 13.3. The van der Waals surface area contributed by atoms with Gasteiger partial charge in [0.05, 0.1) is 0 Å². The van der Waals surface area contributed by atoms with E-state index in [2.05, 4.69) is 183 Å². The van der Waals surface area contributed by atoms with Gasteiger partial charge < -0.3 is 0 Å². The van der Waals surface area contributed by atoms with Crippen LogP contribution in [0.5, 0.6) is 0 Å². The Kier molecular flexibility index (Phi) is 6.31. The molecule has 0 unspecified atom stereocenters. The van der Waals surface area contributed by atoms with Gasteiger partial charge >= 0.3 is 288 Å². The molecule has 1 aliphatic rings. The van der Waals surface area contributed by atoms with Crippen molar-refractivity contribution in [2.75, 3.05) is 4.90 Å². The van der Waals surface area contributed by atoms with Crippen LogP contribution in [0.3, 0.4) is 0 Å². The van der Waals surface area contributed by atoms with Crippen LogP contribution < -0.4 is 4.90 Å². The number of fused-ring (bicyclic) bond motifs is 10. The van der Waals surface area contributed by atoms with E-state index in [4.69, 9.17) is 0 Å². The molecule has 49 heavy (non-hydrogen) atoms. The number of nitrogens with zero attached hydrogens (tertiary/aromatic N) is 1. The van der Waals surface area contributed by atoms with Crippen LogP contribution in [0, 0.1) is 0 Å². The predicted octanol–water partition coefficient (Wildman–Crippen LogP) is 12.8. The fourth-order valence-electron chi connectivity index (χ4n) is 8.25. The molecule has 0 bridgehead atoms. The molecule has 0 atom stereocenters. The molecule has 0 saturated carbocycles. The number of hydrogen-bond acceptors (Lipinski definition) is 1. The second-order valence-electron chi connectivity index (χ2n) is 13.7. The van der Waals surface area contributed by atoms with Crippen molar-refractivity contribution in [2.45, 2.75) is 19.3 Å². The van der Waals surface area contributed by atoms with Gasteiger partial charge in [0.25, 0.3) is 0 Å². The first-order valence-corrected chi connectivity index (χ1v) is 18.7. The Morgan fingerprint density at radius 1 is 0.469 bits per heavy atom. The van der Waals surface area contributed by atoms with E-state index in [0.717, 1.165) is 11.4 Å². The van der Waals surface area contributed by atoms with Crippen molar-refractivity contribution in [1.82, 2.24) is 0 Å². The first-order valence-electron chi connectivity index (χ1n) is 17.0. The van der Waals surface area contributed by atoms with Gasteiger partial charge in [0.15, 0.2) is 0 Å². The molecular formula is C47H33NSe. The van der Waals surface area contributed by atoms with E-state index in [0.29, 0.717) is 0 Å². The fourth-order valence-corrected chi connectivity index (χ4v) is 10.9. The second-order valence-corrected chi connectivity index (χ2v) is 15.9. The zero-order valence-electron chi connectivity index (χ0n) is 27.4. The Morgan fingerprint density at radius 3 is 2.02 bits per heavy atom. The van der Waals surface area contributed by atoms with Crippen molar-refractivity contribution in [3.8, 4) is 22.3 Å². The van der Waals surface area contributed by atoms with Crippen LogP contribution in [-0.2, 0) is 5.41 Å². The Labute approximate surface area is 292 Å². The minimum absolute atomic E-state index is 0.0429. The topological polar surface area (TPSA) is 3.24 Å². The molecule has 0 spiro atoms. The molecule has 232 valence electrons. The summed E-state index contributed by atoms with van der Waals surface area (Å²) in [7, 11) is 0. The van der Waals surface area contributed by atoms with Crippen molar-refractivity contribution in [3.63, 3.8) is 0 Å². The second kappa shape index (κ2) is 10.8. The van der Waals surface area contributed by atoms with Crippen LogP contribution in [0.15, 0.2) is 164 Å². The molecule has 8 aromatic carbocycles. The van der Waals surface area contributed by atoms with Crippen LogP contribution >= 0.6 is 0 Å². The summed E-state index contributed by atoms with van der Waals surface area (Å²) in [5.74, 6) is 0. The molecule has 1 heterocycles. The Bertz CT molecular complexity index is 2750. The summed E-state index contributed by atoms with van der Waals surface area (Å²) in [5.41, 5.74) is 11.3. The summed E-state index contributed by atoms with van der Waals surface area (Å²) in [6.07, 6.45) is 0. The van der Waals surface area contributed by atoms with Gasteiger partial charge in [0.1, 0.15) is 0 Å². The molecule has 0 fully saturated rings. The average molecular weight is 691 g/mol. The van der Waals surface area contributed by atoms with Crippen molar-refractivity contribution in [3.05, 3.63) is 175 Å². The van der Waals surface area contributed by atoms with Gasteiger partial charge in [-0.2, -0.15) is 0 Å². The van der Waals surface area contributed by atoms with Crippen LogP contribution in [0.25, 0.3) is 63.1 Å². The third-order valence-electron chi connectivity index (χ3n) is 10.6. The number of benzene rings is 8. The van der Waals surface area contributed by atoms with E-state index in [9.17, 15) is 0 Å². The summed E-state index contributed by atoms with van der Waals surface area (Å²) >= 11 is 0.259. The number of para-hydroxylation sites is 1. The number of anilines is 3. The van der Waals surface area contributed by atoms with Crippen molar-refractivity contribution >= 4 is 72.4 Å². The summed E-state index contributed by atoms with van der Waals surface area (Å²) in [6, 6.07) is 61.0. The van der Waals surface area contributed by atoms with Crippen LogP contribution in [0.2, 0.25) is 0 Å². The number of hydrogen-bond donors (Lipinski definition) is 0. The summed E-state index contributed by atoms with van der Waals surface area (Å²) in [4.78, 5) is 2.48. The van der Waals surface area contributed by atoms with Gasteiger partial charge in [0, 0.05) is 0 Å². The van der Waals surface area contributed by atoms with Gasteiger partial charge in [-0.25, -0.2) is 0 Å². The van der Waals surface area contributed by atoms with Gasteiger partial charge in [0.2, 0.25) is 0 Å². The fraction of sp³-hybridized carbons (Fsp3) is 0.0638. The van der Waals surface area contributed by atoms with E-state index in [-0.39, 0.29) is 19.9 Å². The third kappa shape index (κ3) is 4.31. The first kappa shape index (κ1) is 28.6. The zero-order chi connectivity index (χ0) is 32.7. The standard InChI is InChI=1S/C47H33NSe/c1-47(2)41-17-9-6-15-36(41)40-29-34(25-27-42(40)47)48(43-18-10-7-14-35(43)30-12-4-3-5-13-30)33-24-22-31-20-21-32-23-26-38-37-16-8-11-19-44(37)49-46(38)45(32)39(31)28-33/h3-29H,1-2H3. The van der Waals surface area contributed by atoms with E-state index in [1.54, 1.807) is 0 Å². The van der Waals surface area contributed by atoms with Crippen LogP contribution in [-0.4, -0.2) is 14.5 Å². The molecule has 1 aliphatic carbocycles. The molecule has 2 heteroatoms. The van der Waals surface area contributed by atoms with Crippen LogP contribution in [0.1, 0.15) is 25.0 Å². The summed E-state index contributed by atoms with van der Waals surface area (Å²) in [5, 5.41) is 8.09. The summed E-state index contributed by atoms with van der Waals surface area (Å²) < 4.78 is 2.98. The molecular weight excluding hydrogens is 657 g/mol. The van der Waals surface area contributed by atoms with Gasteiger partial charge in [-0.05, 0) is 0 Å². The summed E-state index contributed by atoms with van der Waals surface area (Å²) in [6.45, 7) is 4.71. The predicted molar refractivity (Wildman–Crippen MR) is 211 cm³/mol. The Morgan fingerprint density at radius 2 is 1.12 bits per heavy atom. The van der Waals surface area contributed by atoms with Crippen LogP contribution in [0.4, 0.5) is 17.1 Å². The molecule has 10 rings (SSSR count). The maximum absolute atomic E-state index is 2.48. The van der Waals surface area contributed by atoms with Crippen molar-refractivity contribution in [1.29, 1.82) is 0 Å². The van der Waals surface area contributed by atoms with E-state index < -0.39 is 0 Å². The van der Waals surface area contributed by atoms with Crippen molar-refractivity contribution < 1.29 is 0 Å². The van der Waals surface area contributed by atoms with E-state index in [1.165, 1.54) is 79.9 Å².